The molecule has 2 fully saturated rings. The third kappa shape index (κ3) is 5.22. The van der Waals surface area contributed by atoms with Crippen molar-refractivity contribution in [2.24, 2.45) is 0 Å². The van der Waals surface area contributed by atoms with Crippen molar-refractivity contribution in [1.82, 2.24) is 4.90 Å². The van der Waals surface area contributed by atoms with Gasteiger partial charge in [-0.2, -0.15) is 0 Å². The molecule has 1 amide bonds. The van der Waals surface area contributed by atoms with Gasteiger partial charge in [-0.25, -0.2) is 8.42 Å². The van der Waals surface area contributed by atoms with Crippen LogP contribution in [0.4, 0.5) is 5.69 Å². The SMILES string of the molecule is CC[C@@H](C)N(C(=O)C[NH+]1CCN(c2ccccc2OC)CC1)[C@@H]1CCS(=O)(=O)C1. The van der Waals surface area contributed by atoms with Gasteiger partial charge in [-0.1, -0.05) is 19.1 Å². The minimum Gasteiger partial charge on any atom is -0.495 e. The average molecular weight is 425 g/mol. The smallest absolute Gasteiger partial charge is 0.278 e. The number of amides is 1. The Balaban J connectivity index is 1.60. The molecule has 1 N–H and O–H groups in total. The second-order valence-corrected chi connectivity index (χ2v) is 10.4. The van der Waals surface area contributed by atoms with Crippen molar-refractivity contribution in [2.45, 2.75) is 38.8 Å². The van der Waals surface area contributed by atoms with Gasteiger partial charge in [0.25, 0.3) is 5.91 Å². The van der Waals surface area contributed by atoms with Gasteiger partial charge in [0.1, 0.15) is 5.75 Å². The minimum atomic E-state index is -3.01. The number of nitrogens with zero attached hydrogens (tertiary/aromatic N) is 2. The number of hydrogen-bond donors (Lipinski definition) is 1. The van der Waals surface area contributed by atoms with Crippen molar-refractivity contribution in [3.05, 3.63) is 24.3 Å². The Morgan fingerprint density at radius 2 is 2.00 bits per heavy atom. The molecular formula is C21H34N3O4S+. The molecule has 0 bridgehead atoms. The van der Waals surface area contributed by atoms with Gasteiger partial charge >= 0.3 is 0 Å². The standard InChI is InChI=1S/C21H33N3O4S/c1-4-17(2)24(18-9-14-29(26,27)16-18)21(25)15-22-10-12-23(13-11-22)19-7-5-6-8-20(19)28-3/h5-8,17-18H,4,9-16H2,1-3H3/p+1/t17-,18-/m1/s1. The fraction of sp³-hybridized carbons (Fsp3) is 0.667. The Kier molecular flexibility index (Phi) is 7.05. The van der Waals surface area contributed by atoms with E-state index in [-0.39, 0.29) is 29.5 Å². The number of carbonyl (C=O) groups excluding carboxylic acids is 1. The number of benzene rings is 1. The van der Waals surface area contributed by atoms with Crippen molar-refractivity contribution in [1.29, 1.82) is 0 Å². The van der Waals surface area contributed by atoms with Crippen LogP contribution in [0.15, 0.2) is 24.3 Å². The zero-order valence-electron chi connectivity index (χ0n) is 17.8. The Morgan fingerprint density at radius 3 is 2.59 bits per heavy atom. The van der Waals surface area contributed by atoms with Crippen molar-refractivity contribution in [3.63, 3.8) is 0 Å². The summed E-state index contributed by atoms with van der Waals surface area (Å²) in [5.74, 6) is 1.27. The molecule has 162 valence electrons. The second-order valence-electron chi connectivity index (χ2n) is 8.20. The van der Waals surface area contributed by atoms with Gasteiger partial charge in [-0.3, -0.25) is 4.79 Å². The van der Waals surface area contributed by atoms with Crippen LogP contribution in [0.5, 0.6) is 5.75 Å². The Labute approximate surface area is 174 Å². The third-order valence-electron chi connectivity index (χ3n) is 6.25. The van der Waals surface area contributed by atoms with Crippen LogP contribution in [-0.2, 0) is 14.6 Å². The van der Waals surface area contributed by atoms with Gasteiger partial charge in [0, 0.05) is 12.1 Å². The van der Waals surface area contributed by atoms with Crippen molar-refractivity contribution < 1.29 is 22.8 Å². The summed E-state index contributed by atoms with van der Waals surface area (Å²) < 4.78 is 29.3. The molecular weight excluding hydrogens is 390 g/mol. The van der Waals surface area contributed by atoms with Crippen LogP contribution in [-0.4, -0.2) is 82.6 Å². The number of sulfone groups is 1. The van der Waals surface area contributed by atoms with Gasteiger partial charge in [-0.05, 0) is 31.9 Å². The summed E-state index contributed by atoms with van der Waals surface area (Å²) in [6.07, 6.45) is 1.40. The number of anilines is 1. The first kappa shape index (κ1) is 21.9. The molecule has 1 aromatic carbocycles. The van der Waals surface area contributed by atoms with E-state index in [1.54, 1.807) is 7.11 Å². The van der Waals surface area contributed by atoms with Gasteiger partial charge in [0.15, 0.2) is 16.4 Å². The molecule has 8 heteroatoms. The van der Waals surface area contributed by atoms with E-state index in [2.05, 4.69) is 11.0 Å². The van der Waals surface area contributed by atoms with Gasteiger partial charge < -0.3 is 19.4 Å². The van der Waals surface area contributed by atoms with Crippen LogP contribution in [0.3, 0.4) is 0 Å². The second kappa shape index (κ2) is 9.34. The predicted octanol–water partition coefficient (Wildman–Crippen LogP) is 0.214. The quantitative estimate of drug-likeness (QED) is 0.678. The van der Waals surface area contributed by atoms with E-state index in [1.165, 1.54) is 4.90 Å². The fourth-order valence-corrected chi connectivity index (χ4v) is 6.15. The van der Waals surface area contributed by atoms with E-state index >= 15 is 0 Å². The van der Waals surface area contributed by atoms with Gasteiger partial charge in [-0.15, -0.1) is 0 Å². The minimum absolute atomic E-state index is 0.0649. The molecule has 29 heavy (non-hydrogen) atoms. The summed E-state index contributed by atoms with van der Waals surface area (Å²) in [5, 5.41) is 0. The molecule has 2 heterocycles. The van der Waals surface area contributed by atoms with Gasteiger partial charge in [0.2, 0.25) is 0 Å². The van der Waals surface area contributed by atoms with Crippen LogP contribution < -0.4 is 14.5 Å². The molecule has 2 aliphatic heterocycles. The molecule has 0 aliphatic carbocycles. The lowest BCUT2D eigenvalue weighted by atomic mass is 10.1. The summed E-state index contributed by atoms with van der Waals surface area (Å²) in [6.45, 7) is 7.99. The molecule has 2 atom stereocenters. The molecule has 0 saturated carbocycles. The lowest BCUT2D eigenvalue weighted by Gasteiger charge is -2.37. The summed E-state index contributed by atoms with van der Waals surface area (Å²) in [4.78, 5) is 18.6. The Bertz CT molecular complexity index is 806. The van der Waals surface area contributed by atoms with E-state index in [9.17, 15) is 13.2 Å². The lowest BCUT2D eigenvalue weighted by Crippen LogP contribution is -3.16. The first-order chi connectivity index (χ1) is 13.8. The largest absolute Gasteiger partial charge is 0.495 e. The maximum Gasteiger partial charge on any atom is 0.278 e. The highest BCUT2D eigenvalue weighted by molar-refractivity contribution is 7.91. The zero-order valence-corrected chi connectivity index (χ0v) is 18.6. The molecule has 0 unspecified atom stereocenters. The van der Waals surface area contributed by atoms with Crippen LogP contribution in [0.25, 0.3) is 0 Å². The number of methoxy groups -OCH3 is 1. The molecule has 3 rings (SSSR count). The molecule has 1 aromatic rings. The lowest BCUT2D eigenvalue weighted by molar-refractivity contribution is -0.892. The van der Waals surface area contributed by atoms with Crippen molar-refractivity contribution >= 4 is 21.4 Å². The van der Waals surface area contributed by atoms with Gasteiger partial charge in [0.05, 0.1) is 50.5 Å². The predicted molar refractivity (Wildman–Crippen MR) is 114 cm³/mol. The summed E-state index contributed by atoms with van der Waals surface area (Å²) in [7, 11) is -1.33. The maximum atomic E-state index is 13.1. The monoisotopic (exact) mass is 424 g/mol. The zero-order chi connectivity index (χ0) is 21.0. The average Bonchev–Trinajstić information content (AvgIpc) is 3.07. The highest BCUT2D eigenvalue weighted by atomic mass is 32.2. The van der Waals surface area contributed by atoms with E-state index in [1.807, 2.05) is 36.9 Å². The number of para-hydroxylation sites is 2. The Morgan fingerprint density at radius 1 is 1.31 bits per heavy atom. The summed E-state index contributed by atoms with van der Waals surface area (Å²) in [6, 6.07) is 7.92. The number of hydrogen-bond acceptors (Lipinski definition) is 5. The van der Waals surface area contributed by atoms with Crippen LogP contribution in [0, 0.1) is 0 Å². The molecule has 2 saturated heterocycles. The maximum absolute atomic E-state index is 13.1. The molecule has 0 spiro atoms. The highest BCUT2D eigenvalue weighted by Crippen LogP contribution is 2.27. The summed E-state index contributed by atoms with van der Waals surface area (Å²) >= 11 is 0. The van der Waals surface area contributed by atoms with Crippen molar-refractivity contribution in [2.75, 3.05) is 56.2 Å². The number of ether oxygens (including phenoxy) is 1. The Hall–Kier alpha value is -1.80. The highest BCUT2D eigenvalue weighted by Gasteiger charge is 2.38. The third-order valence-corrected chi connectivity index (χ3v) is 8.00. The molecule has 0 radical (unpaired) electrons. The van der Waals surface area contributed by atoms with Crippen LogP contribution in [0.2, 0.25) is 0 Å². The van der Waals surface area contributed by atoms with Crippen LogP contribution >= 0.6 is 0 Å². The number of carbonyl (C=O) groups is 1. The van der Waals surface area contributed by atoms with Crippen LogP contribution in [0.1, 0.15) is 26.7 Å². The molecule has 7 nitrogen and oxygen atoms in total. The number of piperazine rings is 1. The normalized spacial score (nSPS) is 23.0. The van der Waals surface area contributed by atoms with Crippen molar-refractivity contribution in [3.8, 4) is 5.75 Å². The molecule has 2 aliphatic rings. The number of quaternary nitrogens is 1. The fourth-order valence-electron chi connectivity index (χ4n) is 4.44. The first-order valence-corrected chi connectivity index (χ1v) is 12.4. The topological polar surface area (TPSA) is 71.4 Å². The number of rotatable bonds is 7. The van der Waals surface area contributed by atoms with E-state index in [4.69, 9.17) is 4.74 Å². The van der Waals surface area contributed by atoms with E-state index in [0.717, 1.165) is 44.0 Å². The first-order valence-electron chi connectivity index (χ1n) is 10.6. The van der Waals surface area contributed by atoms with E-state index < -0.39 is 9.84 Å². The molecule has 0 aromatic heterocycles. The van der Waals surface area contributed by atoms with E-state index in [0.29, 0.717) is 13.0 Å². The number of nitrogens with one attached hydrogen (secondary N) is 1. The summed E-state index contributed by atoms with van der Waals surface area (Å²) in [5.41, 5.74) is 1.10.